The molecule has 0 radical (unpaired) electrons. The number of hydrogen-bond acceptors (Lipinski definition) is 2. The number of allylic oxidation sites excluding steroid dienone is 1. The number of hydrogen-bond donors (Lipinski definition) is 0. The van der Waals surface area contributed by atoms with Crippen molar-refractivity contribution in [1.82, 2.24) is 4.90 Å². The van der Waals surface area contributed by atoms with Crippen molar-refractivity contribution in [2.45, 2.75) is 6.42 Å². The summed E-state index contributed by atoms with van der Waals surface area (Å²) < 4.78 is 0. The lowest BCUT2D eigenvalue weighted by Crippen LogP contribution is -2.01. The molecule has 0 atom stereocenters. The van der Waals surface area contributed by atoms with Crippen LogP contribution in [0.5, 0.6) is 0 Å². The minimum Gasteiger partial charge on any atom is -0.384 e. The third kappa shape index (κ3) is 3.44. The number of benzene rings is 1. The van der Waals surface area contributed by atoms with Gasteiger partial charge in [0.1, 0.15) is 0 Å². The lowest BCUT2D eigenvalue weighted by molar-refractivity contribution is 0.0995. The Morgan fingerprint density at radius 2 is 1.93 bits per heavy atom. The van der Waals surface area contributed by atoms with Crippen LogP contribution < -0.4 is 0 Å². The minimum atomic E-state index is 0.156. The molecule has 1 aromatic rings. The molecular weight excluding hydrogens is 174 g/mol. The first-order chi connectivity index (χ1) is 6.70. The van der Waals surface area contributed by atoms with E-state index in [0.29, 0.717) is 6.42 Å². The van der Waals surface area contributed by atoms with Crippen LogP contribution in [0.25, 0.3) is 0 Å². The second kappa shape index (κ2) is 5.22. The first-order valence-corrected chi connectivity index (χ1v) is 4.61. The Morgan fingerprint density at radius 1 is 1.29 bits per heavy atom. The molecule has 1 aromatic carbocycles. The Balaban J connectivity index is 2.52. The average molecular weight is 189 g/mol. The van der Waals surface area contributed by atoms with Crippen molar-refractivity contribution in [2.24, 2.45) is 0 Å². The SMILES string of the molecule is CN(C)C=CCC(=O)c1ccccc1. The van der Waals surface area contributed by atoms with Gasteiger partial charge in [0.2, 0.25) is 0 Å². The average Bonchev–Trinajstić information content (AvgIpc) is 2.18. The molecule has 2 heteroatoms. The monoisotopic (exact) mass is 189 g/mol. The minimum absolute atomic E-state index is 0.156. The van der Waals surface area contributed by atoms with Crippen LogP contribution >= 0.6 is 0 Å². The lowest BCUT2D eigenvalue weighted by atomic mass is 10.1. The van der Waals surface area contributed by atoms with Gasteiger partial charge in [-0.3, -0.25) is 4.79 Å². The van der Waals surface area contributed by atoms with E-state index in [-0.39, 0.29) is 5.78 Å². The van der Waals surface area contributed by atoms with Gasteiger partial charge in [0.15, 0.2) is 5.78 Å². The van der Waals surface area contributed by atoms with Gasteiger partial charge in [0.05, 0.1) is 0 Å². The fourth-order valence-corrected chi connectivity index (χ4v) is 1.11. The Morgan fingerprint density at radius 3 is 2.50 bits per heavy atom. The van der Waals surface area contributed by atoms with Crippen molar-refractivity contribution in [3.63, 3.8) is 0 Å². The van der Waals surface area contributed by atoms with E-state index >= 15 is 0 Å². The highest BCUT2D eigenvalue weighted by Crippen LogP contribution is 2.03. The summed E-state index contributed by atoms with van der Waals surface area (Å²) in [7, 11) is 3.87. The third-order valence-corrected chi connectivity index (χ3v) is 1.80. The Bertz CT molecular complexity index is 314. The zero-order chi connectivity index (χ0) is 10.4. The van der Waals surface area contributed by atoms with E-state index in [4.69, 9.17) is 0 Å². The van der Waals surface area contributed by atoms with Crippen LogP contribution in [0.4, 0.5) is 0 Å². The number of Topliss-reactive ketones (excluding diaryl/α,β-unsaturated/α-hetero) is 1. The van der Waals surface area contributed by atoms with Gasteiger partial charge in [-0.05, 0) is 6.20 Å². The highest BCUT2D eigenvalue weighted by Gasteiger charge is 2.00. The molecule has 0 saturated heterocycles. The van der Waals surface area contributed by atoms with Crippen LogP contribution in [0.1, 0.15) is 16.8 Å². The van der Waals surface area contributed by atoms with Crippen molar-refractivity contribution in [2.75, 3.05) is 14.1 Å². The van der Waals surface area contributed by atoms with Crippen molar-refractivity contribution in [1.29, 1.82) is 0 Å². The van der Waals surface area contributed by atoms with Gasteiger partial charge >= 0.3 is 0 Å². The van der Waals surface area contributed by atoms with E-state index in [0.717, 1.165) is 5.56 Å². The van der Waals surface area contributed by atoms with E-state index in [9.17, 15) is 4.79 Å². The molecule has 74 valence electrons. The third-order valence-electron chi connectivity index (χ3n) is 1.80. The molecule has 0 N–H and O–H groups in total. The number of carbonyl (C=O) groups is 1. The van der Waals surface area contributed by atoms with Crippen LogP contribution in [0.15, 0.2) is 42.6 Å². The number of nitrogens with zero attached hydrogens (tertiary/aromatic N) is 1. The van der Waals surface area contributed by atoms with Gasteiger partial charge in [-0.25, -0.2) is 0 Å². The molecule has 14 heavy (non-hydrogen) atoms. The van der Waals surface area contributed by atoms with Gasteiger partial charge in [-0.15, -0.1) is 0 Å². The summed E-state index contributed by atoms with van der Waals surface area (Å²) in [6.45, 7) is 0. The normalized spacial score (nSPS) is 10.4. The highest BCUT2D eigenvalue weighted by molar-refractivity contribution is 5.96. The summed E-state index contributed by atoms with van der Waals surface area (Å²) in [5.41, 5.74) is 0.774. The first kappa shape index (κ1) is 10.5. The Kier molecular flexibility index (Phi) is 3.92. The predicted octanol–water partition coefficient (Wildman–Crippen LogP) is 2.33. The summed E-state index contributed by atoms with van der Waals surface area (Å²) in [5, 5.41) is 0. The van der Waals surface area contributed by atoms with E-state index in [1.54, 1.807) is 0 Å². The van der Waals surface area contributed by atoms with Crippen molar-refractivity contribution in [3.8, 4) is 0 Å². The summed E-state index contributed by atoms with van der Waals surface area (Å²) in [4.78, 5) is 13.5. The van der Waals surface area contributed by atoms with Crippen molar-refractivity contribution < 1.29 is 4.79 Å². The zero-order valence-electron chi connectivity index (χ0n) is 8.60. The maximum absolute atomic E-state index is 11.6. The standard InChI is InChI=1S/C12H15NO/c1-13(2)10-6-9-12(14)11-7-4-3-5-8-11/h3-8,10H,9H2,1-2H3. The molecule has 0 aliphatic rings. The number of carbonyl (C=O) groups excluding carboxylic acids is 1. The van der Waals surface area contributed by atoms with Crippen LogP contribution in [-0.4, -0.2) is 24.8 Å². The smallest absolute Gasteiger partial charge is 0.166 e. The molecule has 0 heterocycles. The van der Waals surface area contributed by atoms with Crippen LogP contribution in [-0.2, 0) is 0 Å². The molecule has 0 saturated carbocycles. The lowest BCUT2D eigenvalue weighted by Gasteiger charge is -2.02. The Labute approximate surface area is 84.9 Å². The van der Waals surface area contributed by atoms with E-state index in [1.165, 1.54) is 0 Å². The first-order valence-electron chi connectivity index (χ1n) is 4.61. The fourth-order valence-electron chi connectivity index (χ4n) is 1.11. The molecule has 0 aliphatic heterocycles. The molecule has 0 fully saturated rings. The quantitative estimate of drug-likeness (QED) is 0.677. The van der Waals surface area contributed by atoms with E-state index < -0.39 is 0 Å². The van der Waals surface area contributed by atoms with Crippen LogP contribution in [0, 0.1) is 0 Å². The van der Waals surface area contributed by atoms with Gasteiger partial charge < -0.3 is 4.90 Å². The molecule has 0 aromatic heterocycles. The predicted molar refractivity (Wildman–Crippen MR) is 58.2 cm³/mol. The highest BCUT2D eigenvalue weighted by atomic mass is 16.1. The number of rotatable bonds is 4. The largest absolute Gasteiger partial charge is 0.384 e. The topological polar surface area (TPSA) is 20.3 Å². The zero-order valence-corrected chi connectivity index (χ0v) is 8.60. The van der Waals surface area contributed by atoms with Gasteiger partial charge in [0.25, 0.3) is 0 Å². The maximum atomic E-state index is 11.6. The molecule has 0 spiro atoms. The van der Waals surface area contributed by atoms with Gasteiger partial charge in [-0.1, -0.05) is 36.4 Å². The molecule has 0 amide bonds. The summed E-state index contributed by atoms with van der Waals surface area (Å²) in [5.74, 6) is 0.156. The summed E-state index contributed by atoms with van der Waals surface area (Å²) in [6.07, 6.45) is 4.22. The number of ketones is 1. The molecule has 0 bridgehead atoms. The second-order valence-electron chi connectivity index (χ2n) is 3.34. The van der Waals surface area contributed by atoms with Crippen LogP contribution in [0.2, 0.25) is 0 Å². The molecule has 0 aliphatic carbocycles. The van der Waals surface area contributed by atoms with Gasteiger partial charge in [0, 0.05) is 26.1 Å². The van der Waals surface area contributed by atoms with E-state index in [1.807, 2.05) is 61.6 Å². The van der Waals surface area contributed by atoms with Crippen molar-refractivity contribution in [3.05, 3.63) is 48.2 Å². The van der Waals surface area contributed by atoms with E-state index in [2.05, 4.69) is 0 Å². The van der Waals surface area contributed by atoms with Crippen molar-refractivity contribution >= 4 is 5.78 Å². The molecule has 1 rings (SSSR count). The second-order valence-corrected chi connectivity index (χ2v) is 3.34. The molecule has 0 unspecified atom stereocenters. The molecular formula is C12H15NO. The van der Waals surface area contributed by atoms with Crippen LogP contribution in [0.3, 0.4) is 0 Å². The molecule has 2 nitrogen and oxygen atoms in total. The van der Waals surface area contributed by atoms with Gasteiger partial charge in [-0.2, -0.15) is 0 Å². The Hall–Kier alpha value is -1.57. The maximum Gasteiger partial charge on any atom is 0.166 e. The fraction of sp³-hybridized carbons (Fsp3) is 0.250. The summed E-state index contributed by atoms with van der Waals surface area (Å²) in [6, 6.07) is 9.34. The summed E-state index contributed by atoms with van der Waals surface area (Å²) >= 11 is 0.